The first kappa shape index (κ1) is 29.9. The number of hydrogen-bond donors (Lipinski definition) is 1. The number of H-pyrrole nitrogens is 1. The number of ether oxygens (including phenoxy) is 1. The van der Waals surface area contributed by atoms with Gasteiger partial charge in [0.15, 0.2) is 10.9 Å². The van der Waals surface area contributed by atoms with E-state index in [-0.39, 0.29) is 16.8 Å². The predicted octanol–water partition coefficient (Wildman–Crippen LogP) is 6.31. The van der Waals surface area contributed by atoms with Crippen molar-refractivity contribution in [2.75, 3.05) is 6.54 Å². The molecule has 0 unspecified atom stereocenters. The van der Waals surface area contributed by atoms with Gasteiger partial charge in [0.25, 0.3) is 11.5 Å². The molecule has 230 valence electrons. The van der Waals surface area contributed by atoms with Gasteiger partial charge in [-0.05, 0) is 53.9 Å². The van der Waals surface area contributed by atoms with Gasteiger partial charge in [0.05, 0.1) is 16.4 Å². The van der Waals surface area contributed by atoms with Crippen LogP contribution in [0.5, 0.6) is 11.5 Å². The van der Waals surface area contributed by atoms with Crippen LogP contribution in [0.2, 0.25) is 10.2 Å². The van der Waals surface area contributed by atoms with Crippen LogP contribution in [-0.2, 0) is 13.0 Å². The summed E-state index contributed by atoms with van der Waals surface area (Å²) in [5.74, 6) is 0.732. The molecule has 1 amide bonds. The first-order chi connectivity index (χ1) is 22.8. The van der Waals surface area contributed by atoms with Gasteiger partial charge in [-0.15, -0.1) is 5.10 Å². The molecule has 0 saturated carbocycles. The second kappa shape index (κ2) is 12.2. The van der Waals surface area contributed by atoms with Crippen LogP contribution in [0.1, 0.15) is 27.2 Å². The molecule has 0 fully saturated rings. The van der Waals surface area contributed by atoms with Gasteiger partial charge >= 0.3 is 5.69 Å². The molecule has 4 aromatic carbocycles. The summed E-state index contributed by atoms with van der Waals surface area (Å²) in [6.07, 6.45) is 0.673. The fourth-order valence-electron chi connectivity index (χ4n) is 5.64. The number of amides is 1. The molecular weight excluding hydrogens is 639 g/mol. The lowest BCUT2D eigenvalue weighted by Crippen LogP contribution is -2.37. The molecule has 7 rings (SSSR count). The van der Waals surface area contributed by atoms with Crippen LogP contribution in [0.25, 0.3) is 27.7 Å². The number of nitrogens with one attached hydrogen (secondary N) is 1. The summed E-state index contributed by atoms with van der Waals surface area (Å²) in [6, 6.07) is 28.9. The van der Waals surface area contributed by atoms with Crippen molar-refractivity contribution in [3.8, 4) is 34.5 Å². The molecule has 0 bridgehead atoms. The van der Waals surface area contributed by atoms with Gasteiger partial charge in [-0.2, -0.15) is 9.94 Å². The maximum absolute atomic E-state index is 13.3. The van der Waals surface area contributed by atoms with Crippen molar-refractivity contribution in [1.82, 2.24) is 24.6 Å². The number of aromatic amines is 1. The predicted molar refractivity (Wildman–Crippen MR) is 177 cm³/mol. The Morgan fingerprint density at radius 3 is 2.49 bits per heavy atom. The smallest absolute Gasteiger partial charge is 0.349 e. The highest BCUT2D eigenvalue weighted by Crippen LogP contribution is 2.43. The average Bonchev–Trinajstić information content (AvgIpc) is 3.08. The third kappa shape index (κ3) is 5.63. The van der Waals surface area contributed by atoms with E-state index in [4.69, 9.17) is 33.2 Å². The van der Waals surface area contributed by atoms with Crippen LogP contribution >= 0.6 is 23.2 Å². The number of aromatic nitrogens is 4. The summed E-state index contributed by atoms with van der Waals surface area (Å²) >= 11 is 13.5. The zero-order chi connectivity index (χ0) is 32.7. The molecular formula is C35H22Cl2N6O4. The van der Waals surface area contributed by atoms with Crippen molar-refractivity contribution in [3.63, 3.8) is 0 Å². The number of hydrogen-bond acceptors (Lipinski definition) is 7. The molecule has 1 aliphatic heterocycles. The first-order valence-corrected chi connectivity index (χ1v) is 15.2. The van der Waals surface area contributed by atoms with Crippen molar-refractivity contribution in [2.24, 2.45) is 0 Å². The van der Waals surface area contributed by atoms with Gasteiger partial charge in [0, 0.05) is 35.0 Å². The Morgan fingerprint density at radius 1 is 0.936 bits per heavy atom. The minimum Gasteiger partial charge on any atom is -0.453 e. The SMILES string of the molecule is N#Cc1nn(-c2ccc(-c3nc(Cl)c(Oc4ccc5c(c4)CCN(Cc4ccccc4)C5=O)c4c(Cl)cccc34)cc2)c(=O)[nH]c1=O. The number of carbonyl (C=O) groups is 1. The van der Waals surface area contributed by atoms with Crippen molar-refractivity contribution in [1.29, 1.82) is 5.26 Å². The molecule has 6 aromatic rings. The highest BCUT2D eigenvalue weighted by Gasteiger charge is 2.26. The summed E-state index contributed by atoms with van der Waals surface area (Å²) in [6.45, 7) is 1.13. The quantitative estimate of drug-likeness (QED) is 0.207. The van der Waals surface area contributed by atoms with Gasteiger partial charge < -0.3 is 9.64 Å². The van der Waals surface area contributed by atoms with Crippen LogP contribution in [0.4, 0.5) is 0 Å². The number of fused-ring (bicyclic) bond motifs is 2. The number of halogens is 2. The van der Waals surface area contributed by atoms with E-state index < -0.39 is 16.9 Å². The number of rotatable bonds is 6. The number of nitrogens with zero attached hydrogens (tertiary/aromatic N) is 5. The maximum Gasteiger partial charge on any atom is 0.349 e. The van der Waals surface area contributed by atoms with Crippen molar-refractivity contribution in [3.05, 3.63) is 144 Å². The zero-order valence-corrected chi connectivity index (χ0v) is 25.9. The van der Waals surface area contributed by atoms with Gasteiger partial charge in [-0.25, -0.2) is 9.78 Å². The second-order valence-corrected chi connectivity index (χ2v) is 11.6. The van der Waals surface area contributed by atoms with E-state index in [9.17, 15) is 14.4 Å². The van der Waals surface area contributed by atoms with E-state index in [0.29, 0.717) is 63.6 Å². The number of pyridine rings is 1. The summed E-state index contributed by atoms with van der Waals surface area (Å²) in [5, 5.41) is 14.7. The molecule has 1 aliphatic rings. The normalized spacial score (nSPS) is 12.5. The summed E-state index contributed by atoms with van der Waals surface area (Å²) in [7, 11) is 0. The maximum atomic E-state index is 13.3. The van der Waals surface area contributed by atoms with Gasteiger partial charge in [-0.3, -0.25) is 14.6 Å². The molecule has 0 saturated heterocycles. The Hall–Kier alpha value is -5.76. The number of nitriles is 1. The molecule has 3 heterocycles. The van der Waals surface area contributed by atoms with Gasteiger partial charge in [0.1, 0.15) is 11.8 Å². The van der Waals surface area contributed by atoms with E-state index in [1.165, 1.54) is 0 Å². The number of benzene rings is 4. The molecule has 0 spiro atoms. The lowest BCUT2D eigenvalue weighted by Gasteiger charge is -2.29. The molecule has 12 heteroatoms. The molecule has 0 atom stereocenters. The molecule has 0 aliphatic carbocycles. The largest absolute Gasteiger partial charge is 0.453 e. The fraction of sp³-hybridized carbons (Fsp3) is 0.0857. The van der Waals surface area contributed by atoms with Gasteiger partial charge in [-0.1, -0.05) is 77.8 Å². The lowest BCUT2D eigenvalue weighted by atomic mass is 9.98. The molecule has 2 aromatic heterocycles. The fourth-order valence-corrected chi connectivity index (χ4v) is 6.11. The lowest BCUT2D eigenvalue weighted by molar-refractivity contribution is 0.0727. The Bertz CT molecular complexity index is 2370. The van der Waals surface area contributed by atoms with E-state index in [2.05, 4.69) is 15.1 Å². The van der Waals surface area contributed by atoms with E-state index >= 15 is 0 Å². The van der Waals surface area contributed by atoms with Crippen LogP contribution in [0, 0.1) is 11.3 Å². The Balaban J connectivity index is 1.21. The Morgan fingerprint density at radius 2 is 1.72 bits per heavy atom. The van der Waals surface area contributed by atoms with Gasteiger partial charge in [0.2, 0.25) is 5.69 Å². The molecule has 47 heavy (non-hydrogen) atoms. The average molecular weight is 662 g/mol. The highest BCUT2D eigenvalue weighted by atomic mass is 35.5. The van der Waals surface area contributed by atoms with E-state index in [1.54, 1.807) is 54.6 Å². The van der Waals surface area contributed by atoms with Crippen molar-refractivity contribution in [2.45, 2.75) is 13.0 Å². The monoisotopic (exact) mass is 660 g/mol. The minimum atomic E-state index is -0.857. The third-order valence-corrected chi connectivity index (χ3v) is 8.46. The second-order valence-electron chi connectivity index (χ2n) is 10.8. The van der Waals surface area contributed by atoms with Crippen molar-refractivity contribution >= 4 is 39.9 Å². The molecule has 10 nitrogen and oxygen atoms in total. The van der Waals surface area contributed by atoms with Crippen LogP contribution in [0.3, 0.4) is 0 Å². The summed E-state index contributed by atoms with van der Waals surface area (Å²) < 4.78 is 7.27. The standard InChI is InChI=1S/C35H22Cl2N6O4/c36-27-8-4-7-26-29(27)31(47-24-13-14-25-22(17-24)15-16-42(34(25)45)19-20-5-2-1-3-6-20)32(37)39-30(26)21-9-11-23(12-10-21)43-35(46)40-33(44)28(18-38)41-43/h1-14,17H,15-16,19H2,(H,40,44,46). The van der Waals surface area contributed by atoms with E-state index in [0.717, 1.165) is 15.8 Å². The Labute approximate surface area is 277 Å². The minimum absolute atomic E-state index is 0.0306. The molecule has 1 N–H and O–H groups in total. The third-order valence-electron chi connectivity index (χ3n) is 7.89. The van der Waals surface area contributed by atoms with Crippen LogP contribution in [-0.4, -0.2) is 37.1 Å². The summed E-state index contributed by atoms with van der Waals surface area (Å²) in [4.78, 5) is 46.0. The highest BCUT2D eigenvalue weighted by molar-refractivity contribution is 6.38. The summed E-state index contributed by atoms with van der Waals surface area (Å²) in [5.41, 5.74) is 2.01. The first-order valence-electron chi connectivity index (χ1n) is 14.5. The topological polar surface area (TPSA) is 134 Å². The molecule has 0 radical (unpaired) electrons. The van der Waals surface area contributed by atoms with Crippen molar-refractivity contribution < 1.29 is 9.53 Å². The Kier molecular flexibility index (Phi) is 7.77. The van der Waals surface area contributed by atoms with Crippen LogP contribution in [0.15, 0.2) is 101 Å². The zero-order valence-electron chi connectivity index (χ0n) is 24.4. The van der Waals surface area contributed by atoms with Crippen LogP contribution < -0.4 is 16.0 Å². The number of carbonyl (C=O) groups excluding carboxylic acids is 1. The van der Waals surface area contributed by atoms with E-state index in [1.807, 2.05) is 47.4 Å².